The van der Waals surface area contributed by atoms with Gasteiger partial charge < -0.3 is 16.2 Å². The van der Waals surface area contributed by atoms with Gasteiger partial charge in [-0.25, -0.2) is 0 Å². The van der Waals surface area contributed by atoms with Crippen molar-refractivity contribution >= 4 is 11.9 Å². The lowest BCUT2D eigenvalue weighted by molar-refractivity contribution is -0.146. The van der Waals surface area contributed by atoms with Crippen molar-refractivity contribution < 1.29 is 14.7 Å². The molecule has 0 radical (unpaired) electrons. The van der Waals surface area contributed by atoms with Crippen LogP contribution in [0.3, 0.4) is 0 Å². The molecule has 2 atom stereocenters. The smallest absolute Gasteiger partial charge is 0.310 e. The van der Waals surface area contributed by atoms with E-state index in [1.54, 1.807) is 13.8 Å². The molecule has 1 fully saturated rings. The maximum absolute atomic E-state index is 11.9. The third-order valence-electron chi connectivity index (χ3n) is 3.37. The van der Waals surface area contributed by atoms with E-state index in [9.17, 15) is 9.59 Å². The highest BCUT2D eigenvalue weighted by molar-refractivity contribution is 5.80. The molecule has 4 N–H and O–H groups in total. The van der Waals surface area contributed by atoms with Crippen molar-refractivity contribution in [1.29, 1.82) is 0 Å². The summed E-state index contributed by atoms with van der Waals surface area (Å²) in [6.45, 7) is 3.36. The first-order valence-corrected chi connectivity index (χ1v) is 6.09. The van der Waals surface area contributed by atoms with Crippen LogP contribution in [-0.4, -0.2) is 29.6 Å². The summed E-state index contributed by atoms with van der Waals surface area (Å²) >= 11 is 0. The second-order valence-corrected chi connectivity index (χ2v) is 5.53. The molecule has 0 saturated heterocycles. The van der Waals surface area contributed by atoms with Crippen LogP contribution in [0.5, 0.6) is 0 Å². The summed E-state index contributed by atoms with van der Waals surface area (Å²) in [6, 6.07) is 0.104. The van der Waals surface area contributed by atoms with Crippen molar-refractivity contribution in [3.63, 3.8) is 0 Å². The fourth-order valence-electron chi connectivity index (χ4n) is 1.99. The molecule has 0 aliphatic heterocycles. The number of carbonyl (C=O) groups is 2. The zero-order valence-electron chi connectivity index (χ0n) is 10.5. The summed E-state index contributed by atoms with van der Waals surface area (Å²) in [6.07, 6.45) is 3.51. The van der Waals surface area contributed by atoms with Crippen molar-refractivity contribution in [3.05, 3.63) is 0 Å². The Morgan fingerprint density at radius 2 is 2.06 bits per heavy atom. The van der Waals surface area contributed by atoms with Crippen LogP contribution in [0.25, 0.3) is 0 Å². The van der Waals surface area contributed by atoms with E-state index in [4.69, 9.17) is 10.8 Å². The molecular formula is C12H22N2O3. The van der Waals surface area contributed by atoms with Gasteiger partial charge in [0.1, 0.15) is 0 Å². The lowest BCUT2D eigenvalue weighted by Gasteiger charge is -2.27. The molecule has 1 amide bonds. The predicted octanol–water partition coefficient (Wildman–Crippen LogP) is 0.731. The minimum atomic E-state index is -0.924. The number of carboxylic acid groups (broad SMARTS) is 1. The minimum absolute atomic E-state index is 0.0525. The third-order valence-corrected chi connectivity index (χ3v) is 3.37. The number of hydrogen-bond acceptors (Lipinski definition) is 3. The number of carbonyl (C=O) groups excluding carboxylic acids is 1. The average molecular weight is 242 g/mol. The molecule has 0 aromatic carbocycles. The van der Waals surface area contributed by atoms with E-state index < -0.39 is 11.4 Å². The number of rotatable bonds is 4. The monoisotopic (exact) mass is 242 g/mol. The van der Waals surface area contributed by atoms with Gasteiger partial charge in [-0.2, -0.15) is 0 Å². The van der Waals surface area contributed by atoms with Gasteiger partial charge in [-0.1, -0.05) is 6.42 Å². The summed E-state index contributed by atoms with van der Waals surface area (Å²) in [4.78, 5) is 22.7. The molecule has 5 nitrogen and oxygen atoms in total. The first kappa shape index (κ1) is 14.0. The Hall–Kier alpha value is -1.10. The number of nitrogens with two attached hydrogens (primary N) is 1. The van der Waals surface area contributed by atoms with Crippen molar-refractivity contribution in [2.45, 2.75) is 45.6 Å². The Morgan fingerprint density at radius 3 is 2.59 bits per heavy atom. The van der Waals surface area contributed by atoms with Crippen molar-refractivity contribution in [2.75, 3.05) is 6.54 Å². The zero-order valence-corrected chi connectivity index (χ0v) is 10.5. The van der Waals surface area contributed by atoms with Gasteiger partial charge in [-0.15, -0.1) is 0 Å². The molecule has 0 bridgehead atoms. The van der Waals surface area contributed by atoms with E-state index in [-0.39, 0.29) is 24.4 Å². The Bertz CT molecular complexity index is 302. The number of aliphatic carboxylic acids is 1. The van der Waals surface area contributed by atoms with E-state index in [1.165, 1.54) is 0 Å². The Labute approximate surface area is 102 Å². The molecule has 17 heavy (non-hydrogen) atoms. The molecule has 1 rings (SSSR count). The normalized spacial score (nSPS) is 25.4. The van der Waals surface area contributed by atoms with Gasteiger partial charge in [0.15, 0.2) is 0 Å². The average Bonchev–Trinajstić information content (AvgIpc) is 2.25. The van der Waals surface area contributed by atoms with Crippen LogP contribution in [0.1, 0.15) is 39.5 Å². The molecule has 1 aliphatic rings. The highest BCUT2D eigenvalue weighted by Gasteiger charge is 2.30. The van der Waals surface area contributed by atoms with Crippen molar-refractivity contribution in [3.8, 4) is 0 Å². The van der Waals surface area contributed by atoms with E-state index in [0.29, 0.717) is 6.42 Å². The SMILES string of the molecule is CC(C)(CNC(=O)C1CCCC(N)C1)C(=O)O. The third kappa shape index (κ3) is 4.00. The number of amides is 1. The molecular weight excluding hydrogens is 220 g/mol. The summed E-state index contributed by atoms with van der Waals surface area (Å²) in [5.41, 5.74) is 4.89. The number of nitrogens with one attached hydrogen (secondary N) is 1. The second-order valence-electron chi connectivity index (χ2n) is 5.53. The molecule has 98 valence electrons. The molecule has 1 saturated carbocycles. The van der Waals surface area contributed by atoms with Gasteiger partial charge in [0, 0.05) is 18.5 Å². The van der Waals surface area contributed by atoms with E-state index in [2.05, 4.69) is 5.32 Å². The van der Waals surface area contributed by atoms with Gasteiger partial charge in [-0.3, -0.25) is 9.59 Å². The van der Waals surface area contributed by atoms with E-state index in [1.807, 2.05) is 0 Å². The minimum Gasteiger partial charge on any atom is -0.481 e. The summed E-state index contributed by atoms with van der Waals surface area (Å²) in [5, 5.41) is 11.7. The Kier molecular flexibility index (Phi) is 4.51. The molecule has 0 spiro atoms. The molecule has 0 aromatic heterocycles. The van der Waals surface area contributed by atoms with Crippen LogP contribution in [0.4, 0.5) is 0 Å². The van der Waals surface area contributed by atoms with Crippen LogP contribution in [0, 0.1) is 11.3 Å². The quantitative estimate of drug-likeness (QED) is 0.677. The topological polar surface area (TPSA) is 92.4 Å². The van der Waals surface area contributed by atoms with Crippen molar-refractivity contribution in [1.82, 2.24) is 5.32 Å². The van der Waals surface area contributed by atoms with Crippen LogP contribution in [-0.2, 0) is 9.59 Å². The fraction of sp³-hybridized carbons (Fsp3) is 0.833. The zero-order chi connectivity index (χ0) is 13.1. The first-order chi connectivity index (χ1) is 7.83. The summed E-state index contributed by atoms with van der Waals surface area (Å²) < 4.78 is 0. The number of carboxylic acids is 1. The van der Waals surface area contributed by atoms with Crippen LogP contribution in [0.15, 0.2) is 0 Å². The van der Waals surface area contributed by atoms with E-state index in [0.717, 1.165) is 19.3 Å². The van der Waals surface area contributed by atoms with Crippen LogP contribution < -0.4 is 11.1 Å². The molecule has 0 aromatic rings. The highest BCUT2D eigenvalue weighted by atomic mass is 16.4. The van der Waals surface area contributed by atoms with Crippen LogP contribution >= 0.6 is 0 Å². The Balaban J connectivity index is 2.41. The molecule has 0 heterocycles. The fourth-order valence-corrected chi connectivity index (χ4v) is 1.99. The maximum Gasteiger partial charge on any atom is 0.310 e. The number of hydrogen-bond donors (Lipinski definition) is 3. The second kappa shape index (κ2) is 5.49. The van der Waals surface area contributed by atoms with Crippen molar-refractivity contribution in [2.24, 2.45) is 17.1 Å². The largest absolute Gasteiger partial charge is 0.481 e. The van der Waals surface area contributed by atoms with E-state index >= 15 is 0 Å². The maximum atomic E-state index is 11.9. The highest BCUT2D eigenvalue weighted by Crippen LogP contribution is 2.23. The van der Waals surface area contributed by atoms with Gasteiger partial charge in [0.2, 0.25) is 5.91 Å². The lowest BCUT2D eigenvalue weighted by atomic mass is 9.85. The predicted molar refractivity (Wildman–Crippen MR) is 64.4 cm³/mol. The molecule has 5 heteroatoms. The van der Waals surface area contributed by atoms with Gasteiger partial charge in [-0.05, 0) is 33.1 Å². The lowest BCUT2D eigenvalue weighted by Crippen LogP contribution is -2.43. The van der Waals surface area contributed by atoms with Gasteiger partial charge in [0.05, 0.1) is 5.41 Å². The summed E-state index contributed by atoms with van der Waals surface area (Å²) in [5.74, 6) is -1.02. The van der Waals surface area contributed by atoms with Gasteiger partial charge in [0.25, 0.3) is 0 Å². The molecule has 2 unspecified atom stereocenters. The standard InChI is InChI=1S/C12H22N2O3/c1-12(2,11(16)17)7-14-10(15)8-4-3-5-9(13)6-8/h8-9H,3-7,13H2,1-2H3,(H,14,15)(H,16,17). The first-order valence-electron chi connectivity index (χ1n) is 6.09. The van der Waals surface area contributed by atoms with Gasteiger partial charge >= 0.3 is 5.97 Å². The molecule has 1 aliphatic carbocycles. The summed E-state index contributed by atoms with van der Waals surface area (Å²) in [7, 11) is 0. The van der Waals surface area contributed by atoms with Crippen LogP contribution in [0.2, 0.25) is 0 Å². The Morgan fingerprint density at radius 1 is 1.41 bits per heavy atom.